The van der Waals surface area contributed by atoms with Crippen LogP contribution in [0.5, 0.6) is 0 Å². The molecule has 1 saturated heterocycles. The van der Waals surface area contributed by atoms with Gasteiger partial charge in [-0.05, 0) is 30.7 Å². The largest absolute Gasteiger partial charge is 0.385 e. The summed E-state index contributed by atoms with van der Waals surface area (Å²) < 4.78 is 16.0. The maximum absolute atomic E-state index is 14.1. The summed E-state index contributed by atoms with van der Waals surface area (Å²) in [5.41, 5.74) is 2.70. The summed E-state index contributed by atoms with van der Waals surface area (Å²) in [6.45, 7) is 5.09. The minimum atomic E-state index is -0.647. The van der Waals surface area contributed by atoms with Crippen molar-refractivity contribution in [1.82, 2.24) is 14.8 Å². The monoisotopic (exact) mass is 393 g/mol. The number of nitrogens with zero attached hydrogens (tertiary/aromatic N) is 2. The Bertz CT molecular complexity index is 927. The maximum atomic E-state index is 14.1. The van der Waals surface area contributed by atoms with Crippen molar-refractivity contribution in [3.05, 3.63) is 95.6 Å². The lowest BCUT2D eigenvalue weighted by molar-refractivity contribution is 0.0367. The number of rotatable bonds is 6. The highest BCUT2D eigenvalue weighted by Crippen LogP contribution is 2.26. The molecule has 29 heavy (non-hydrogen) atoms. The number of nitrogens with one attached hydrogen (secondary N) is 1. The van der Waals surface area contributed by atoms with E-state index < -0.39 is 6.10 Å². The van der Waals surface area contributed by atoms with Crippen molar-refractivity contribution < 1.29 is 9.50 Å². The van der Waals surface area contributed by atoms with Crippen molar-refractivity contribution in [3.63, 3.8) is 0 Å². The van der Waals surface area contributed by atoms with Gasteiger partial charge in [0.2, 0.25) is 0 Å². The van der Waals surface area contributed by atoms with Gasteiger partial charge in [-0.15, -0.1) is 0 Å². The average Bonchev–Trinajstić information content (AvgIpc) is 3.23. The van der Waals surface area contributed by atoms with Gasteiger partial charge < -0.3 is 15.0 Å². The van der Waals surface area contributed by atoms with E-state index in [2.05, 4.69) is 41.4 Å². The van der Waals surface area contributed by atoms with E-state index in [0.717, 1.165) is 25.3 Å². The molecule has 4 rings (SSSR count). The van der Waals surface area contributed by atoms with Crippen LogP contribution in [0.1, 0.15) is 35.9 Å². The number of hydrogen-bond acceptors (Lipinski definition) is 3. The number of aromatic nitrogens is 1. The first-order chi connectivity index (χ1) is 14.1. The van der Waals surface area contributed by atoms with Gasteiger partial charge >= 0.3 is 0 Å². The zero-order chi connectivity index (χ0) is 20.2. The van der Waals surface area contributed by atoms with Gasteiger partial charge in [0.05, 0.1) is 6.54 Å². The molecule has 5 heteroatoms. The molecule has 1 aliphatic heterocycles. The number of piperazine rings is 1. The Morgan fingerprint density at radius 1 is 1.07 bits per heavy atom. The van der Waals surface area contributed by atoms with E-state index in [1.807, 2.05) is 35.0 Å². The van der Waals surface area contributed by atoms with Crippen LogP contribution in [0.15, 0.2) is 72.9 Å². The zero-order valence-electron chi connectivity index (χ0n) is 16.7. The summed E-state index contributed by atoms with van der Waals surface area (Å²) in [5.74, 6) is -0.220. The molecule has 0 saturated carbocycles. The van der Waals surface area contributed by atoms with Crippen molar-refractivity contribution >= 4 is 0 Å². The molecule has 1 aliphatic rings. The molecule has 4 nitrogen and oxygen atoms in total. The van der Waals surface area contributed by atoms with Crippen molar-refractivity contribution in [3.8, 4) is 0 Å². The summed E-state index contributed by atoms with van der Waals surface area (Å²) in [5, 5.41) is 14.7. The Kier molecular flexibility index (Phi) is 6.09. The number of aliphatic hydroxyl groups excluding tert-OH is 1. The number of halogens is 1. The summed E-state index contributed by atoms with van der Waals surface area (Å²) in [4.78, 5) is 2.33. The third kappa shape index (κ3) is 4.42. The van der Waals surface area contributed by atoms with Gasteiger partial charge in [0.25, 0.3) is 0 Å². The van der Waals surface area contributed by atoms with E-state index in [0.29, 0.717) is 12.1 Å². The number of aliphatic hydroxyl groups is 1. The minimum Gasteiger partial charge on any atom is -0.385 e. The first kappa shape index (κ1) is 19.8. The highest BCUT2D eigenvalue weighted by atomic mass is 19.1. The van der Waals surface area contributed by atoms with Gasteiger partial charge in [0, 0.05) is 49.2 Å². The molecule has 1 aromatic heterocycles. The minimum absolute atomic E-state index is 0.0439. The van der Waals surface area contributed by atoms with Crippen LogP contribution in [-0.2, 0) is 6.54 Å². The lowest BCUT2D eigenvalue weighted by atomic mass is 10.0. The molecule has 3 unspecified atom stereocenters. The predicted octanol–water partition coefficient (Wildman–Crippen LogP) is 3.74. The van der Waals surface area contributed by atoms with Crippen molar-refractivity contribution in [2.45, 2.75) is 31.7 Å². The average molecular weight is 394 g/mol. The molecular formula is C24H28FN3O. The predicted molar refractivity (Wildman–Crippen MR) is 113 cm³/mol. The molecule has 0 aliphatic carbocycles. The SMILES string of the molecule is CC(C(O)c1cccn1Cc1ccccc1F)N1CCNC(c2ccccc2)C1. The fourth-order valence-electron chi connectivity index (χ4n) is 4.15. The summed E-state index contributed by atoms with van der Waals surface area (Å²) in [7, 11) is 0. The molecule has 0 radical (unpaired) electrons. The van der Waals surface area contributed by atoms with Crippen LogP contribution in [0.4, 0.5) is 4.39 Å². The van der Waals surface area contributed by atoms with Crippen molar-refractivity contribution in [2.24, 2.45) is 0 Å². The quantitative estimate of drug-likeness (QED) is 0.670. The van der Waals surface area contributed by atoms with Crippen LogP contribution >= 0.6 is 0 Å². The van der Waals surface area contributed by atoms with Crippen LogP contribution in [0.2, 0.25) is 0 Å². The van der Waals surface area contributed by atoms with Gasteiger partial charge in [0.1, 0.15) is 11.9 Å². The summed E-state index contributed by atoms with van der Waals surface area (Å²) in [6.07, 6.45) is 1.26. The van der Waals surface area contributed by atoms with E-state index in [-0.39, 0.29) is 17.9 Å². The van der Waals surface area contributed by atoms with Crippen LogP contribution in [0.3, 0.4) is 0 Å². The standard InChI is InChI=1S/C24H28FN3O/c1-18(27-15-13-26-22(17-27)19-8-3-2-4-9-19)24(29)23-12-7-14-28(23)16-20-10-5-6-11-21(20)25/h2-12,14,18,22,24,26,29H,13,15-17H2,1H3. The molecule has 0 amide bonds. The highest BCUT2D eigenvalue weighted by Gasteiger charge is 2.29. The molecule has 0 bridgehead atoms. The zero-order valence-corrected chi connectivity index (χ0v) is 16.7. The molecule has 3 atom stereocenters. The molecule has 152 valence electrons. The molecule has 1 fully saturated rings. The van der Waals surface area contributed by atoms with E-state index in [4.69, 9.17) is 0 Å². The Morgan fingerprint density at radius 2 is 1.83 bits per heavy atom. The Balaban J connectivity index is 1.48. The molecule has 0 spiro atoms. The molecule has 2 aromatic carbocycles. The first-order valence-corrected chi connectivity index (χ1v) is 10.2. The lowest BCUT2D eigenvalue weighted by Gasteiger charge is -2.39. The van der Waals surface area contributed by atoms with Crippen molar-refractivity contribution in [1.29, 1.82) is 0 Å². The molecular weight excluding hydrogens is 365 g/mol. The van der Waals surface area contributed by atoms with Gasteiger partial charge in [-0.25, -0.2) is 4.39 Å². The second-order valence-corrected chi connectivity index (χ2v) is 7.75. The lowest BCUT2D eigenvalue weighted by Crippen LogP contribution is -2.50. The fourth-order valence-corrected chi connectivity index (χ4v) is 4.15. The third-order valence-corrected chi connectivity index (χ3v) is 5.91. The van der Waals surface area contributed by atoms with Gasteiger partial charge in [-0.3, -0.25) is 4.90 Å². The first-order valence-electron chi connectivity index (χ1n) is 10.2. The van der Waals surface area contributed by atoms with Crippen LogP contribution in [0.25, 0.3) is 0 Å². The fraction of sp³-hybridized carbons (Fsp3) is 0.333. The third-order valence-electron chi connectivity index (χ3n) is 5.91. The van der Waals surface area contributed by atoms with Crippen LogP contribution in [-0.4, -0.2) is 40.2 Å². The van der Waals surface area contributed by atoms with Crippen LogP contribution in [0, 0.1) is 5.82 Å². The molecule has 3 aromatic rings. The molecule has 2 N–H and O–H groups in total. The van der Waals surface area contributed by atoms with E-state index in [9.17, 15) is 9.50 Å². The van der Waals surface area contributed by atoms with Crippen molar-refractivity contribution in [2.75, 3.05) is 19.6 Å². The highest BCUT2D eigenvalue weighted by molar-refractivity contribution is 5.22. The summed E-state index contributed by atoms with van der Waals surface area (Å²) >= 11 is 0. The van der Waals surface area contributed by atoms with Crippen LogP contribution < -0.4 is 5.32 Å². The van der Waals surface area contributed by atoms with Gasteiger partial charge in [-0.2, -0.15) is 0 Å². The Labute approximate surface area is 171 Å². The molecule has 2 heterocycles. The van der Waals surface area contributed by atoms with E-state index in [1.165, 1.54) is 11.6 Å². The summed E-state index contributed by atoms with van der Waals surface area (Å²) in [6, 6.07) is 21.3. The second-order valence-electron chi connectivity index (χ2n) is 7.75. The number of benzene rings is 2. The smallest absolute Gasteiger partial charge is 0.128 e. The second kappa shape index (κ2) is 8.91. The van der Waals surface area contributed by atoms with E-state index >= 15 is 0 Å². The van der Waals surface area contributed by atoms with Gasteiger partial charge in [-0.1, -0.05) is 48.5 Å². The van der Waals surface area contributed by atoms with E-state index in [1.54, 1.807) is 12.1 Å². The Hall–Kier alpha value is -2.47. The maximum Gasteiger partial charge on any atom is 0.128 e. The van der Waals surface area contributed by atoms with Gasteiger partial charge in [0.15, 0.2) is 0 Å². The normalized spacial score (nSPS) is 19.8. The number of hydrogen-bond donors (Lipinski definition) is 2. The topological polar surface area (TPSA) is 40.4 Å². The Morgan fingerprint density at radius 3 is 2.62 bits per heavy atom.